The van der Waals surface area contributed by atoms with Crippen molar-refractivity contribution >= 4 is 40.4 Å². The number of aromatic nitrogens is 4. The number of para-hydroxylation sites is 2. The van der Waals surface area contributed by atoms with E-state index in [1.54, 1.807) is 0 Å². The van der Waals surface area contributed by atoms with E-state index in [2.05, 4.69) is 22.4 Å². The summed E-state index contributed by atoms with van der Waals surface area (Å²) in [6, 6.07) is 7.93. The Kier molecular flexibility index (Phi) is 5.99. The Morgan fingerprint density at radius 3 is 2.73 bits per heavy atom. The lowest BCUT2D eigenvalue weighted by Gasteiger charge is -2.30. The zero-order chi connectivity index (χ0) is 21.3. The second kappa shape index (κ2) is 8.67. The molecule has 1 atom stereocenters. The minimum atomic E-state index is -0.0696. The van der Waals surface area contributed by atoms with E-state index in [1.165, 1.54) is 18.2 Å². The zero-order valence-electron chi connectivity index (χ0n) is 17.7. The van der Waals surface area contributed by atoms with Crippen molar-refractivity contribution in [3.05, 3.63) is 24.3 Å². The van der Waals surface area contributed by atoms with Crippen LogP contribution in [0, 0.1) is 5.92 Å². The molecule has 1 aliphatic rings. The predicted molar refractivity (Wildman–Crippen MR) is 117 cm³/mol. The quantitative estimate of drug-likeness (QED) is 0.610. The number of carbonyl (C=O) groups excluding carboxylic acids is 2. The molecule has 0 bridgehead atoms. The predicted octanol–water partition coefficient (Wildman–Crippen LogP) is 2.56. The molecular weight excluding hydrogens is 400 g/mol. The molecule has 0 unspecified atom stereocenters. The number of thioether (sulfide) groups is 1. The van der Waals surface area contributed by atoms with Crippen molar-refractivity contribution in [2.45, 2.75) is 51.4 Å². The summed E-state index contributed by atoms with van der Waals surface area (Å²) in [5, 5.41) is 12.3. The number of nitrogens with zero attached hydrogens (tertiary/aromatic N) is 5. The summed E-state index contributed by atoms with van der Waals surface area (Å²) < 4.78 is 3.81. The minimum Gasteiger partial charge on any atom is -0.352 e. The molecule has 9 heteroatoms. The number of nitrogens with one attached hydrogen (secondary N) is 1. The number of piperidine rings is 1. The molecule has 0 radical (unpaired) electrons. The first-order valence-corrected chi connectivity index (χ1v) is 11.4. The molecule has 160 valence electrons. The van der Waals surface area contributed by atoms with Crippen LogP contribution in [0.1, 0.15) is 33.6 Å². The number of amides is 2. The monoisotopic (exact) mass is 428 g/mol. The number of likely N-dealkylation sites (tertiary alicyclic amines) is 1. The number of fused-ring (bicyclic) bond motifs is 3. The topological polar surface area (TPSA) is 84.5 Å². The summed E-state index contributed by atoms with van der Waals surface area (Å²) in [4.78, 5) is 27.0. The SMILES string of the molecule is CC(C)NC(=O)Cn1c2ccccc2n2c(SCC(=O)N3CCC[C@H](C)C3)nnc12. The van der Waals surface area contributed by atoms with E-state index in [1.807, 2.05) is 52.0 Å². The van der Waals surface area contributed by atoms with Gasteiger partial charge >= 0.3 is 0 Å². The van der Waals surface area contributed by atoms with Gasteiger partial charge in [-0.05, 0) is 44.7 Å². The van der Waals surface area contributed by atoms with Gasteiger partial charge in [0, 0.05) is 19.1 Å². The average Bonchev–Trinajstić information content (AvgIpc) is 3.25. The second-order valence-corrected chi connectivity index (χ2v) is 9.23. The molecule has 0 spiro atoms. The maximum absolute atomic E-state index is 12.7. The van der Waals surface area contributed by atoms with Gasteiger partial charge in [0.25, 0.3) is 0 Å². The van der Waals surface area contributed by atoms with Crippen LogP contribution in [0.4, 0.5) is 0 Å². The molecule has 3 aromatic rings. The maximum Gasteiger partial charge on any atom is 0.240 e. The van der Waals surface area contributed by atoms with E-state index in [4.69, 9.17) is 0 Å². The van der Waals surface area contributed by atoms with Crippen molar-refractivity contribution in [1.82, 2.24) is 29.4 Å². The summed E-state index contributed by atoms with van der Waals surface area (Å²) in [5.41, 5.74) is 1.84. The van der Waals surface area contributed by atoms with Crippen LogP contribution in [0.15, 0.2) is 29.4 Å². The van der Waals surface area contributed by atoms with Crippen LogP contribution < -0.4 is 5.32 Å². The van der Waals surface area contributed by atoms with Crippen molar-refractivity contribution in [1.29, 1.82) is 0 Å². The highest BCUT2D eigenvalue weighted by Gasteiger charge is 2.23. The van der Waals surface area contributed by atoms with E-state index >= 15 is 0 Å². The molecule has 1 fully saturated rings. The molecule has 1 aliphatic heterocycles. The molecule has 4 rings (SSSR count). The van der Waals surface area contributed by atoms with Gasteiger partial charge in [-0.25, -0.2) is 0 Å². The van der Waals surface area contributed by atoms with Crippen LogP contribution in [-0.4, -0.2) is 60.8 Å². The molecule has 1 N–H and O–H groups in total. The van der Waals surface area contributed by atoms with Crippen molar-refractivity contribution in [2.75, 3.05) is 18.8 Å². The van der Waals surface area contributed by atoms with Crippen LogP contribution in [0.5, 0.6) is 0 Å². The van der Waals surface area contributed by atoms with E-state index in [9.17, 15) is 9.59 Å². The molecule has 8 nitrogen and oxygen atoms in total. The van der Waals surface area contributed by atoms with Gasteiger partial charge in [-0.15, -0.1) is 10.2 Å². The fraction of sp³-hybridized carbons (Fsp3) is 0.524. The number of carbonyl (C=O) groups is 2. The van der Waals surface area contributed by atoms with Gasteiger partial charge in [-0.1, -0.05) is 30.8 Å². The Bertz CT molecular complexity index is 1070. The average molecular weight is 429 g/mol. The first-order chi connectivity index (χ1) is 14.4. The summed E-state index contributed by atoms with van der Waals surface area (Å²) in [5.74, 6) is 1.57. The molecule has 0 aliphatic carbocycles. The first-order valence-electron chi connectivity index (χ1n) is 10.5. The molecule has 2 aromatic heterocycles. The second-order valence-electron chi connectivity index (χ2n) is 8.29. The normalized spacial score (nSPS) is 17.2. The third-order valence-electron chi connectivity index (χ3n) is 5.36. The maximum atomic E-state index is 12.7. The van der Waals surface area contributed by atoms with Crippen molar-refractivity contribution < 1.29 is 9.59 Å². The van der Waals surface area contributed by atoms with Gasteiger partial charge in [-0.2, -0.15) is 0 Å². The third kappa shape index (κ3) is 4.16. The third-order valence-corrected chi connectivity index (χ3v) is 6.27. The van der Waals surface area contributed by atoms with Gasteiger partial charge in [-0.3, -0.25) is 18.6 Å². The molecular formula is C21H28N6O2S. The van der Waals surface area contributed by atoms with Crippen molar-refractivity contribution in [3.63, 3.8) is 0 Å². The number of hydrogen-bond acceptors (Lipinski definition) is 5. The van der Waals surface area contributed by atoms with Gasteiger partial charge in [0.05, 0.1) is 16.8 Å². The van der Waals surface area contributed by atoms with E-state index < -0.39 is 0 Å². The van der Waals surface area contributed by atoms with Crippen LogP contribution in [0.3, 0.4) is 0 Å². The fourth-order valence-electron chi connectivity index (χ4n) is 4.03. The summed E-state index contributed by atoms with van der Waals surface area (Å²) >= 11 is 1.40. The Morgan fingerprint density at radius 1 is 1.23 bits per heavy atom. The molecule has 1 aromatic carbocycles. The lowest BCUT2D eigenvalue weighted by molar-refractivity contribution is -0.130. The number of imidazole rings is 1. The van der Waals surface area contributed by atoms with Crippen molar-refractivity contribution in [3.8, 4) is 0 Å². The molecule has 0 saturated carbocycles. The molecule has 1 saturated heterocycles. The van der Waals surface area contributed by atoms with Gasteiger partial charge in [0.15, 0.2) is 5.16 Å². The Hall–Kier alpha value is -2.55. The Morgan fingerprint density at radius 2 is 2.00 bits per heavy atom. The summed E-state index contributed by atoms with van der Waals surface area (Å²) in [6.45, 7) is 7.91. The zero-order valence-corrected chi connectivity index (χ0v) is 18.5. The Labute approximate surface area is 180 Å². The number of benzene rings is 1. The number of rotatable bonds is 6. The van der Waals surface area contributed by atoms with Crippen molar-refractivity contribution in [2.24, 2.45) is 5.92 Å². The molecule has 2 amide bonds. The first kappa shape index (κ1) is 20.7. The fourth-order valence-corrected chi connectivity index (χ4v) is 4.87. The lowest BCUT2D eigenvalue weighted by atomic mass is 10.0. The summed E-state index contributed by atoms with van der Waals surface area (Å²) in [7, 11) is 0. The van der Waals surface area contributed by atoms with Gasteiger partial charge in [0.1, 0.15) is 6.54 Å². The highest BCUT2D eigenvalue weighted by molar-refractivity contribution is 7.99. The van der Waals surface area contributed by atoms with Crippen LogP contribution >= 0.6 is 11.8 Å². The lowest BCUT2D eigenvalue weighted by Crippen LogP contribution is -2.40. The van der Waals surface area contributed by atoms with E-state index in [0.29, 0.717) is 22.6 Å². The van der Waals surface area contributed by atoms with Crippen LogP contribution in [-0.2, 0) is 16.1 Å². The summed E-state index contributed by atoms with van der Waals surface area (Å²) in [6.07, 6.45) is 2.25. The standard InChI is InChI=1S/C21H28N6O2S/c1-14(2)22-18(28)12-26-16-8-4-5-9-17(16)27-20(26)23-24-21(27)30-13-19(29)25-10-6-7-15(3)11-25/h4-5,8-9,14-15H,6-7,10-13H2,1-3H3,(H,22,28)/t15-/m0/s1. The molecule has 30 heavy (non-hydrogen) atoms. The highest BCUT2D eigenvalue weighted by Crippen LogP contribution is 2.26. The highest BCUT2D eigenvalue weighted by atomic mass is 32.2. The largest absolute Gasteiger partial charge is 0.352 e. The van der Waals surface area contributed by atoms with E-state index in [0.717, 1.165) is 30.5 Å². The van der Waals surface area contributed by atoms with Crippen LogP contribution in [0.2, 0.25) is 0 Å². The van der Waals surface area contributed by atoms with Crippen LogP contribution in [0.25, 0.3) is 16.8 Å². The van der Waals surface area contributed by atoms with E-state index in [-0.39, 0.29) is 24.4 Å². The van der Waals surface area contributed by atoms with Gasteiger partial charge < -0.3 is 10.2 Å². The smallest absolute Gasteiger partial charge is 0.240 e. The Balaban J connectivity index is 1.59. The van der Waals surface area contributed by atoms with Gasteiger partial charge in [0.2, 0.25) is 17.6 Å². The molecule has 3 heterocycles. The number of hydrogen-bond donors (Lipinski definition) is 1. The minimum absolute atomic E-state index is 0.0696.